The highest BCUT2D eigenvalue weighted by Gasteiger charge is 2.44. The van der Waals surface area contributed by atoms with Crippen LogP contribution in [0.3, 0.4) is 0 Å². The molecule has 2 aromatic rings. The van der Waals surface area contributed by atoms with Gasteiger partial charge in [0.15, 0.2) is 23.5 Å². The fraction of sp³-hybridized carbons (Fsp3) is 0.333. The zero-order chi connectivity index (χ0) is 21.9. The van der Waals surface area contributed by atoms with Gasteiger partial charge in [-0.15, -0.1) is 5.10 Å². The Morgan fingerprint density at radius 3 is 2.10 bits per heavy atom. The second-order valence-corrected chi connectivity index (χ2v) is 5.81. The van der Waals surface area contributed by atoms with Gasteiger partial charge in [0.2, 0.25) is 5.82 Å². The smallest absolute Gasteiger partial charge is 0.335 e. The Labute approximate surface area is 167 Å². The number of phenolic OH excluding ortho intramolecular Hbond substituents is 3. The van der Waals surface area contributed by atoms with Gasteiger partial charge in [0.25, 0.3) is 5.91 Å². The van der Waals surface area contributed by atoms with E-state index in [2.05, 4.69) is 10.1 Å². The molecule has 1 aliphatic heterocycles. The predicted molar refractivity (Wildman–Crippen MR) is 93.6 cm³/mol. The minimum atomic E-state index is -1.29. The zero-order valence-corrected chi connectivity index (χ0v) is 15.0. The maximum atomic E-state index is 10.8. The summed E-state index contributed by atoms with van der Waals surface area (Å²) in [6.07, 6.45) is -3.26. The highest BCUT2D eigenvalue weighted by molar-refractivity contribution is 5.89. The zero-order valence-electron chi connectivity index (χ0n) is 15.0. The molecule has 2 heterocycles. The second kappa shape index (κ2) is 9.81. The van der Waals surface area contributed by atoms with Gasteiger partial charge in [-0.3, -0.25) is 4.79 Å². The molecule has 0 saturated carbocycles. The maximum Gasteiger partial charge on any atom is 0.335 e. The van der Waals surface area contributed by atoms with E-state index in [1.165, 1.54) is 0 Å². The molecule has 4 atom stereocenters. The summed E-state index contributed by atoms with van der Waals surface area (Å²) in [5.74, 6) is -4.36. The number of nitrogens with two attached hydrogens (primary N) is 1. The lowest BCUT2D eigenvalue weighted by molar-refractivity contribution is -0.0588. The number of carboxylic acids is 1. The van der Waals surface area contributed by atoms with Crippen LogP contribution in [-0.4, -0.2) is 92.8 Å². The first kappa shape index (κ1) is 24.5. The molecule has 0 aliphatic carbocycles. The van der Waals surface area contributed by atoms with E-state index in [4.69, 9.17) is 36.0 Å². The molecule has 0 bridgehead atoms. The van der Waals surface area contributed by atoms with Crippen LogP contribution in [0, 0.1) is 0 Å². The number of rotatable bonds is 4. The Morgan fingerprint density at radius 1 is 1.13 bits per heavy atom. The van der Waals surface area contributed by atoms with Crippen molar-refractivity contribution in [2.45, 2.75) is 24.5 Å². The third kappa shape index (κ3) is 5.10. The van der Waals surface area contributed by atoms with E-state index >= 15 is 0 Å². The third-order valence-electron chi connectivity index (χ3n) is 3.82. The molecule has 15 heteroatoms. The van der Waals surface area contributed by atoms with Gasteiger partial charge in [0.05, 0.1) is 12.2 Å². The average Bonchev–Trinajstić information content (AvgIpc) is 3.26. The van der Waals surface area contributed by atoms with E-state index < -0.39 is 60.3 Å². The molecule has 166 valence electrons. The number of carbonyl (C=O) groups excluding carboxylic acids is 1. The Hall–Kier alpha value is -3.50. The summed E-state index contributed by atoms with van der Waals surface area (Å²) in [7, 11) is 0. The second-order valence-electron chi connectivity index (χ2n) is 5.81. The van der Waals surface area contributed by atoms with Crippen molar-refractivity contribution in [3.63, 3.8) is 0 Å². The summed E-state index contributed by atoms with van der Waals surface area (Å²) in [6, 6.07) is 1.69. The third-order valence-corrected chi connectivity index (χ3v) is 3.82. The number of primary amides is 1. The molecule has 1 aliphatic rings. The first-order chi connectivity index (χ1) is 13.6. The first-order valence-electron chi connectivity index (χ1n) is 7.88. The number of aromatic hydroxyl groups is 3. The fourth-order valence-corrected chi connectivity index (χ4v) is 2.34. The molecule has 1 saturated heterocycles. The van der Waals surface area contributed by atoms with Crippen molar-refractivity contribution in [2.24, 2.45) is 5.73 Å². The molecule has 1 amide bonds. The average molecular weight is 432 g/mol. The highest BCUT2D eigenvalue weighted by Crippen LogP contribution is 2.35. The van der Waals surface area contributed by atoms with Crippen molar-refractivity contribution in [3.8, 4) is 17.2 Å². The topological polar surface area (TPSA) is 273 Å². The molecule has 1 aromatic carbocycles. The molecule has 3 rings (SSSR count). The number of aromatic nitrogens is 3. The SMILES string of the molecule is NC(=O)c1ncn([C@@H]2O[C@H](CO)[C@@H](O)[C@H]2O)n1.O.O=C(O)c1cc(O)c(O)c(O)c1. The van der Waals surface area contributed by atoms with Crippen LogP contribution < -0.4 is 5.73 Å². The van der Waals surface area contributed by atoms with E-state index in [9.17, 15) is 19.8 Å². The first-order valence-corrected chi connectivity index (χ1v) is 7.88. The van der Waals surface area contributed by atoms with Gasteiger partial charge < -0.3 is 51.7 Å². The number of amides is 1. The summed E-state index contributed by atoms with van der Waals surface area (Å²) in [4.78, 5) is 24.7. The number of phenols is 3. The number of hydrogen-bond donors (Lipinski definition) is 8. The number of ether oxygens (including phenoxy) is 1. The van der Waals surface area contributed by atoms with Gasteiger partial charge in [-0.25, -0.2) is 14.5 Å². The number of carboxylic acid groups (broad SMARTS) is 1. The summed E-state index contributed by atoms with van der Waals surface area (Å²) in [5.41, 5.74) is 4.68. The minimum Gasteiger partial charge on any atom is -0.504 e. The van der Waals surface area contributed by atoms with Gasteiger partial charge in [-0.05, 0) is 12.1 Å². The monoisotopic (exact) mass is 432 g/mol. The lowest BCUT2D eigenvalue weighted by Crippen LogP contribution is -2.33. The highest BCUT2D eigenvalue weighted by atomic mass is 16.6. The number of benzene rings is 1. The Kier molecular flexibility index (Phi) is 8.02. The van der Waals surface area contributed by atoms with Gasteiger partial charge in [0, 0.05) is 0 Å². The van der Waals surface area contributed by atoms with Crippen molar-refractivity contribution >= 4 is 11.9 Å². The van der Waals surface area contributed by atoms with Crippen LogP contribution in [0.25, 0.3) is 0 Å². The van der Waals surface area contributed by atoms with Crippen molar-refractivity contribution < 1.29 is 55.5 Å². The van der Waals surface area contributed by atoms with E-state index in [0.29, 0.717) is 0 Å². The Morgan fingerprint density at radius 2 is 1.70 bits per heavy atom. The molecule has 0 spiro atoms. The Bertz CT molecular complexity index is 879. The molecule has 0 radical (unpaired) electrons. The molecule has 30 heavy (non-hydrogen) atoms. The summed E-state index contributed by atoms with van der Waals surface area (Å²) in [6.45, 7) is -0.438. The van der Waals surface area contributed by atoms with Gasteiger partial charge in [0.1, 0.15) is 24.6 Å². The predicted octanol–water partition coefficient (Wildman–Crippen LogP) is -3.33. The van der Waals surface area contributed by atoms with Gasteiger partial charge in [-0.2, -0.15) is 0 Å². The number of hydrogen-bond acceptors (Lipinski definition) is 11. The van der Waals surface area contributed by atoms with E-state index in [1.54, 1.807) is 0 Å². The number of aliphatic hydroxyl groups excluding tert-OH is 3. The van der Waals surface area contributed by atoms with Crippen molar-refractivity contribution in [1.82, 2.24) is 14.8 Å². The van der Waals surface area contributed by atoms with Crippen LogP contribution in [-0.2, 0) is 4.74 Å². The Balaban J connectivity index is 0.000000308. The van der Waals surface area contributed by atoms with Gasteiger partial charge >= 0.3 is 5.97 Å². The number of aliphatic hydroxyl groups is 3. The van der Waals surface area contributed by atoms with Crippen molar-refractivity contribution in [1.29, 1.82) is 0 Å². The fourth-order valence-electron chi connectivity index (χ4n) is 2.34. The van der Waals surface area contributed by atoms with E-state index in [1.807, 2.05) is 0 Å². The quantitative estimate of drug-likeness (QED) is 0.220. The molecule has 1 aromatic heterocycles. The molecule has 1 fully saturated rings. The lowest BCUT2D eigenvalue weighted by atomic mass is 10.1. The van der Waals surface area contributed by atoms with Crippen molar-refractivity contribution in [3.05, 3.63) is 29.8 Å². The van der Waals surface area contributed by atoms with Crippen LogP contribution in [0.4, 0.5) is 0 Å². The molecular formula is C15H20N4O11. The largest absolute Gasteiger partial charge is 0.504 e. The maximum absolute atomic E-state index is 10.8. The van der Waals surface area contributed by atoms with E-state index in [0.717, 1.165) is 23.1 Å². The minimum absolute atomic E-state index is 0. The standard InChI is InChI=1S/C8H12N4O5.C7H6O5.H2O/c9-6(16)7-10-2-12(11-7)8-5(15)4(14)3(1-13)17-8;8-4-1-3(7(11)12)2-5(9)6(4)10;/h2-5,8,13-15H,1H2,(H2,9,16);1-2,8-10H,(H,11,12);1H2/t3-,4-,5-,8-;;/m1../s1. The van der Waals surface area contributed by atoms with Crippen LogP contribution in [0.1, 0.15) is 27.2 Å². The lowest BCUT2D eigenvalue weighted by Gasteiger charge is -2.13. The van der Waals surface area contributed by atoms with Crippen LogP contribution in [0.15, 0.2) is 18.5 Å². The van der Waals surface area contributed by atoms with Gasteiger partial charge in [-0.1, -0.05) is 0 Å². The normalized spacial score (nSPS) is 22.5. The number of aromatic carboxylic acids is 1. The van der Waals surface area contributed by atoms with Crippen LogP contribution >= 0.6 is 0 Å². The van der Waals surface area contributed by atoms with Crippen LogP contribution in [0.5, 0.6) is 17.2 Å². The summed E-state index contributed by atoms with van der Waals surface area (Å²) in [5, 5.41) is 66.7. The van der Waals surface area contributed by atoms with E-state index in [-0.39, 0.29) is 16.9 Å². The molecule has 11 N–H and O–H groups in total. The molecule has 15 nitrogen and oxygen atoms in total. The molecular weight excluding hydrogens is 412 g/mol. The summed E-state index contributed by atoms with van der Waals surface area (Å²) >= 11 is 0. The van der Waals surface area contributed by atoms with Crippen molar-refractivity contribution in [2.75, 3.05) is 6.61 Å². The van der Waals surface area contributed by atoms with Crippen LogP contribution in [0.2, 0.25) is 0 Å². The molecule has 0 unspecified atom stereocenters. The number of nitrogens with zero attached hydrogens (tertiary/aromatic N) is 3. The number of carbonyl (C=O) groups is 2. The summed E-state index contributed by atoms with van der Waals surface area (Å²) < 4.78 is 6.25.